The maximum Gasteiger partial charge on any atom is 0.186 e. The van der Waals surface area contributed by atoms with Crippen LogP contribution in [0.3, 0.4) is 0 Å². The van der Waals surface area contributed by atoms with E-state index in [1.54, 1.807) is 0 Å². The highest BCUT2D eigenvalue weighted by molar-refractivity contribution is 4.87. The first-order chi connectivity index (χ1) is 6.20. The van der Waals surface area contributed by atoms with Gasteiger partial charge in [0.2, 0.25) is 0 Å². The topological polar surface area (TPSA) is 108 Å². The van der Waals surface area contributed by atoms with E-state index in [0.29, 0.717) is 0 Å². The molecule has 1 saturated heterocycles. The predicted molar refractivity (Wildman–Crippen MR) is 41.7 cm³/mol. The van der Waals surface area contributed by atoms with Crippen molar-refractivity contribution in [2.45, 2.75) is 24.6 Å². The summed E-state index contributed by atoms with van der Waals surface area (Å²) in [6.07, 6.45) is -3.72. The van der Waals surface area contributed by atoms with Gasteiger partial charge in [0.05, 0.1) is 12.6 Å². The second-order valence-electron chi connectivity index (χ2n) is 2.67. The molecule has 4 atom stereocenters. The number of ether oxygens (including phenoxy) is 2. The maximum absolute atomic E-state index is 9.35. The third-order valence-electron chi connectivity index (χ3n) is 1.88. The Labute approximate surface area is 74.5 Å². The molecule has 1 aliphatic heterocycles. The van der Waals surface area contributed by atoms with Gasteiger partial charge in [-0.1, -0.05) is 5.11 Å². The van der Waals surface area contributed by atoms with Gasteiger partial charge in [0, 0.05) is 12.0 Å². The smallest absolute Gasteiger partial charge is 0.186 e. The predicted octanol–water partition coefficient (Wildman–Crippen LogP) is -0.610. The van der Waals surface area contributed by atoms with Crippen LogP contribution in [0.5, 0.6) is 0 Å². The van der Waals surface area contributed by atoms with Crippen molar-refractivity contribution in [1.29, 1.82) is 0 Å². The highest BCUT2D eigenvalue weighted by Crippen LogP contribution is 2.21. The molecule has 1 fully saturated rings. The van der Waals surface area contributed by atoms with Gasteiger partial charge in [-0.15, -0.1) is 0 Å². The van der Waals surface area contributed by atoms with Crippen molar-refractivity contribution in [1.82, 2.24) is 0 Å². The molecular weight excluding hydrogens is 178 g/mol. The molecular formula is C6H11N3O4. The Morgan fingerprint density at radius 3 is 2.69 bits per heavy atom. The number of rotatable bonds is 3. The molecule has 1 aliphatic rings. The van der Waals surface area contributed by atoms with E-state index in [4.69, 9.17) is 15.0 Å². The monoisotopic (exact) mass is 189 g/mol. The quantitative estimate of drug-likeness (QED) is 0.350. The first-order valence-corrected chi connectivity index (χ1v) is 3.76. The number of methoxy groups -OCH3 is 1. The average molecular weight is 189 g/mol. The number of azide groups is 1. The van der Waals surface area contributed by atoms with Crippen LogP contribution in [0.1, 0.15) is 0 Å². The fourth-order valence-corrected chi connectivity index (χ4v) is 1.18. The standard InChI is InChI=1S/C6H11N3O4/c1-12-6-5(11)4(10)3(13-6)2-8-9-7/h3-6,10-11H,2H2,1H3/t3-,4-,5+,6+/m1/s1. The second kappa shape index (κ2) is 4.40. The summed E-state index contributed by atoms with van der Waals surface area (Å²) in [4.78, 5) is 2.52. The van der Waals surface area contributed by atoms with Crippen LogP contribution in [-0.4, -0.2) is 48.5 Å². The molecule has 0 spiro atoms. The van der Waals surface area contributed by atoms with Gasteiger partial charge in [-0.2, -0.15) is 0 Å². The summed E-state index contributed by atoms with van der Waals surface area (Å²) < 4.78 is 9.79. The lowest BCUT2D eigenvalue weighted by atomic mass is 10.1. The number of aliphatic hydroxyl groups is 2. The first-order valence-electron chi connectivity index (χ1n) is 3.76. The molecule has 0 radical (unpaired) electrons. The van der Waals surface area contributed by atoms with E-state index >= 15 is 0 Å². The van der Waals surface area contributed by atoms with Crippen LogP contribution in [-0.2, 0) is 9.47 Å². The van der Waals surface area contributed by atoms with E-state index in [2.05, 4.69) is 10.0 Å². The molecule has 7 heteroatoms. The summed E-state index contributed by atoms with van der Waals surface area (Å²) in [7, 11) is 1.36. The van der Waals surface area contributed by atoms with Gasteiger partial charge in [-0.25, -0.2) is 0 Å². The minimum absolute atomic E-state index is 0.0193. The Bertz CT molecular complexity index is 218. The van der Waals surface area contributed by atoms with Gasteiger partial charge in [0.1, 0.15) is 12.2 Å². The van der Waals surface area contributed by atoms with Gasteiger partial charge in [0.15, 0.2) is 6.29 Å². The van der Waals surface area contributed by atoms with Crippen LogP contribution < -0.4 is 0 Å². The van der Waals surface area contributed by atoms with Crippen molar-refractivity contribution in [3.8, 4) is 0 Å². The van der Waals surface area contributed by atoms with Crippen LogP contribution in [0.4, 0.5) is 0 Å². The zero-order chi connectivity index (χ0) is 9.84. The van der Waals surface area contributed by atoms with Gasteiger partial charge in [-0.3, -0.25) is 0 Å². The van der Waals surface area contributed by atoms with Crippen LogP contribution in [0.2, 0.25) is 0 Å². The molecule has 1 heterocycles. The van der Waals surface area contributed by atoms with E-state index in [1.165, 1.54) is 7.11 Å². The van der Waals surface area contributed by atoms with E-state index < -0.39 is 24.6 Å². The Hall–Kier alpha value is -0.850. The molecule has 1 rings (SSSR count). The van der Waals surface area contributed by atoms with Crippen LogP contribution in [0.25, 0.3) is 10.4 Å². The zero-order valence-corrected chi connectivity index (χ0v) is 7.07. The van der Waals surface area contributed by atoms with E-state index in [9.17, 15) is 10.2 Å². The number of nitrogens with zero attached hydrogens (tertiary/aromatic N) is 3. The summed E-state index contributed by atoms with van der Waals surface area (Å²) in [5.41, 5.74) is 8.03. The Morgan fingerprint density at radius 2 is 2.23 bits per heavy atom. The Kier molecular flexibility index (Phi) is 3.47. The second-order valence-corrected chi connectivity index (χ2v) is 2.67. The molecule has 0 saturated carbocycles. The molecule has 0 unspecified atom stereocenters. The number of hydrogen-bond donors (Lipinski definition) is 2. The number of aliphatic hydroxyl groups excluding tert-OH is 2. The van der Waals surface area contributed by atoms with Gasteiger partial charge >= 0.3 is 0 Å². The van der Waals surface area contributed by atoms with Crippen LogP contribution in [0, 0.1) is 0 Å². The normalized spacial score (nSPS) is 38.7. The molecule has 7 nitrogen and oxygen atoms in total. The highest BCUT2D eigenvalue weighted by Gasteiger charge is 2.42. The third-order valence-corrected chi connectivity index (χ3v) is 1.88. The summed E-state index contributed by atoms with van der Waals surface area (Å²) in [5, 5.41) is 21.9. The molecule has 0 aromatic heterocycles. The van der Waals surface area contributed by atoms with Crippen molar-refractivity contribution in [2.75, 3.05) is 13.7 Å². The third kappa shape index (κ3) is 2.09. The minimum Gasteiger partial charge on any atom is -0.387 e. The molecule has 0 aliphatic carbocycles. The van der Waals surface area contributed by atoms with E-state index in [-0.39, 0.29) is 6.54 Å². The molecule has 13 heavy (non-hydrogen) atoms. The molecule has 0 bridgehead atoms. The van der Waals surface area contributed by atoms with Crippen LogP contribution >= 0.6 is 0 Å². The van der Waals surface area contributed by atoms with Crippen molar-refractivity contribution < 1.29 is 19.7 Å². The van der Waals surface area contributed by atoms with Crippen LogP contribution in [0.15, 0.2) is 5.11 Å². The summed E-state index contributed by atoms with van der Waals surface area (Å²) in [5.74, 6) is 0. The lowest BCUT2D eigenvalue weighted by Crippen LogP contribution is -2.33. The van der Waals surface area contributed by atoms with Crippen molar-refractivity contribution in [3.63, 3.8) is 0 Å². The highest BCUT2D eigenvalue weighted by atomic mass is 16.7. The van der Waals surface area contributed by atoms with E-state index in [1.807, 2.05) is 0 Å². The van der Waals surface area contributed by atoms with E-state index in [0.717, 1.165) is 0 Å². The lowest BCUT2D eigenvalue weighted by molar-refractivity contribution is -0.147. The van der Waals surface area contributed by atoms with Crippen molar-refractivity contribution in [2.24, 2.45) is 5.11 Å². The fourth-order valence-electron chi connectivity index (χ4n) is 1.18. The average Bonchev–Trinajstić information content (AvgIpc) is 2.41. The largest absolute Gasteiger partial charge is 0.387 e. The minimum atomic E-state index is -1.09. The fraction of sp³-hybridized carbons (Fsp3) is 1.00. The summed E-state index contributed by atoms with van der Waals surface area (Å²) in [6, 6.07) is 0. The molecule has 0 amide bonds. The number of hydrogen-bond acceptors (Lipinski definition) is 5. The SMILES string of the molecule is CO[C@H]1O[C@H](CN=[N+]=[N-])[C@@H](O)[C@@H]1O. The molecule has 0 aromatic rings. The van der Waals surface area contributed by atoms with Crippen molar-refractivity contribution >= 4 is 0 Å². The molecule has 2 N–H and O–H groups in total. The van der Waals surface area contributed by atoms with Crippen molar-refractivity contribution in [3.05, 3.63) is 10.4 Å². The lowest BCUT2D eigenvalue weighted by Gasteiger charge is -2.11. The Morgan fingerprint density at radius 1 is 1.54 bits per heavy atom. The Balaban J connectivity index is 2.54. The molecule has 0 aromatic carbocycles. The summed E-state index contributed by atoms with van der Waals surface area (Å²) >= 11 is 0. The first kappa shape index (κ1) is 10.2. The van der Waals surface area contributed by atoms with Gasteiger partial charge in [0.25, 0.3) is 0 Å². The maximum atomic E-state index is 9.35. The zero-order valence-electron chi connectivity index (χ0n) is 7.07. The van der Waals surface area contributed by atoms with Gasteiger partial charge in [-0.05, 0) is 5.53 Å². The summed E-state index contributed by atoms with van der Waals surface area (Å²) in [6.45, 7) is -0.0193. The van der Waals surface area contributed by atoms with Gasteiger partial charge < -0.3 is 19.7 Å². The molecule has 74 valence electrons.